The highest BCUT2D eigenvalue weighted by atomic mass is 16.2. The lowest BCUT2D eigenvalue weighted by Gasteiger charge is -2.17. The van der Waals surface area contributed by atoms with E-state index >= 15 is 0 Å². The molecule has 0 saturated heterocycles. The van der Waals surface area contributed by atoms with E-state index in [1.54, 1.807) is 13.1 Å². The van der Waals surface area contributed by atoms with E-state index in [1.165, 1.54) is 0 Å². The van der Waals surface area contributed by atoms with Crippen LogP contribution in [0.2, 0.25) is 0 Å². The summed E-state index contributed by atoms with van der Waals surface area (Å²) in [6.07, 6.45) is 2.69. The van der Waals surface area contributed by atoms with E-state index < -0.39 is 6.04 Å². The van der Waals surface area contributed by atoms with Gasteiger partial charge in [-0.2, -0.15) is 0 Å². The molecule has 0 aromatic heterocycles. The smallest absolute Gasteiger partial charge is 0.254 e. The summed E-state index contributed by atoms with van der Waals surface area (Å²) in [6, 6.07) is 6.85. The van der Waals surface area contributed by atoms with Crippen LogP contribution < -0.4 is 16.0 Å². The van der Waals surface area contributed by atoms with E-state index in [0.717, 1.165) is 25.1 Å². The molecule has 1 rings (SSSR count). The zero-order valence-electron chi connectivity index (χ0n) is 13.0. The van der Waals surface area contributed by atoms with Crippen molar-refractivity contribution in [3.8, 4) is 0 Å². The van der Waals surface area contributed by atoms with Crippen LogP contribution in [0.4, 0.5) is 5.69 Å². The van der Waals surface area contributed by atoms with Crippen LogP contribution >= 0.6 is 0 Å². The third kappa shape index (κ3) is 5.10. The summed E-state index contributed by atoms with van der Waals surface area (Å²) < 4.78 is 0. The van der Waals surface area contributed by atoms with Crippen molar-refractivity contribution in [3.63, 3.8) is 0 Å². The van der Waals surface area contributed by atoms with Gasteiger partial charge in [-0.05, 0) is 25.0 Å². The van der Waals surface area contributed by atoms with Crippen molar-refractivity contribution < 1.29 is 9.59 Å². The Morgan fingerprint density at radius 1 is 1.19 bits per heavy atom. The highest BCUT2D eigenvalue weighted by molar-refractivity contribution is 6.01. The molecule has 0 unspecified atom stereocenters. The summed E-state index contributed by atoms with van der Waals surface area (Å²) in [5, 5.41) is 8.60. The monoisotopic (exact) mass is 291 g/mol. The lowest BCUT2D eigenvalue weighted by molar-refractivity contribution is -0.122. The average Bonchev–Trinajstić information content (AvgIpc) is 2.52. The number of carbonyl (C=O) groups is 2. The van der Waals surface area contributed by atoms with Crippen molar-refractivity contribution >= 4 is 17.5 Å². The summed E-state index contributed by atoms with van der Waals surface area (Å²) in [7, 11) is 1.57. The first-order valence-corrected chi connectivity index (χ1v) is 7.49. The Bertz CT molecular complexity index is 474. The maximum atomic E-state index is 12.4. The summed E-state index contributed by atoms with van der Waals surface area (Å²) in [5.74, 6) is -0.410. The number of carbonyl (C=O) groups excluding carboxylic acids is 2. The van der Waals surface area contributed by atoms with Gasteiger partial charge >= 0.3 is 0 Å². The van der Waals surface area contributed by atoms with Gasteiger partial charge in [0.05, 0.1) is 5.56 Å². The number of anilines is 1. The lowest BCUT2D eigenvalue weighted by atomic mass is 10.1. The van der Waals surface area contributed by atoms with E-state index in [4.69, 9.17) is 0 Å². The molecule has 21 heavy (non-hydrogen) atoms. The van der Waals surface area contributed by atoms with Gasteiger partial charge in [0, 0.05) is 19.3 Å². The van der Waals surface area contributed by atoms with Crippen LogP contribution in [-0.4, -0.2) is 31.4 Å². The largest absolute Gasteiger partial charge is 0.384 e. The van der Waals surface area contributed by atoms with Crippen molar-refractivity contribution in [2.45, 2.75) is 39.2 Å². The van der Waals surface area contributed by atoms with Crippen molar-refractivity contribution in [1.29, 1.82) is 0 Å². The minimum Gasteiger partial charge on any atom is -0.384 e. The Labute approximate surface area is 126 Å². The van der Waals surface area contributed by atoms with E-state index in [0.29, 0.717) is 12.0 Å². The molecule has 0 aliphatic heterocycles. The highest BCUT2D eigenvalue weighted by Gasteiger charge is 2.19. The summed E-state index contributed by atoms with van der Waals surface area (Å²) in [6.45, 7) is 4.81. The predicted molar refractivity (Wildman–Crippen MR) is 85.5 cm³/mol. The fourth-order valence-electron chi connectivity index (χ4n) is 2.00. The number of unbranched alkanes of at least 4 members (excludes halogenated alkanes) is 1. The topological polar surface area (TPSA) is 70.2 Å². The molecule has 5 nitrogen and oxygen atoms in total. The van der Waals surface area contributed by atoms with Gasteiger partial charge in [0.15, 0.2) is 0 Å². The lowest BCUT2D eigenvalue weighted by Crippen LogP contribution is -2.45. The number of benzene rings is 1. The van der Waals surface area contributed by atoms with Gasteiger partial charge in [-0.1, -0.05) is 32.4 Å². The molecule has 0 heterocycles. The van der Waals surface area contributed by atoms with Gasteiger partial charge in [-0.15, -0.1) is 0 Å². The molecule has 0 aliphatic carbocycles. The molecule has 0 aliphatic rings. The molecule has 1 aromatic carbocycles. The molecule has 0 radical (unpaired) electrons. The quantitative estimate of drug-likeness (QED) is 0.643. The van der Waals surface area contributed by atoms with E-state index in [1.807, 2.05) is 25.1 Å². The van der Waals surface area contributed by atoms with Gasteiger partial charge in [0.25, 0.3) is 5.91 Å². The first-order valence-electron chi connectivity index (χ1n) is 7.49. The fourth-order valence-corrected chi connectivity index (χ4v) is 2.00. The zero-order valence-corrected chi connectivity index (χ0v) is 13.0. The molecule has 116 valence electrons. The standard InChI is InChI=1S/C16H25N3O2/c1-4-6-11-18-14-10-8-7-9-12(14)15(20)19-13(5-2)16(21)17-3/h7-10,13,18H,4-6,11H2,1-3H3,(H,17,21)(H,19,20)/t13-/m0/s1. The van der Waals surface area contributed by atoms with Crippen LogP contribution in [0.25, 0.3) is 0 Å². The summed E-state index contributed by atoms with van der Waals surface area (Å²) in [5.41, 5.74) is 1.37. The Balaban J connectivity index is 2.79. The van der Waals surface area contributed by atoms with Crippen LogP contribution in [0.15, 0.2) is 24.3 Å². The van der Waals surface area contributed by atoms with Gasteiger partial charge in [0.2, 0.25) is 5.91 Å². The number of amides is 2. The van der Waals surface area contributed by atoms with E-state index in [2.05, 4.69) is 22.9 Å². The molecule has 0 bridgehead atoms. The zero-order chi connectivity index (χ0) is 15.7. The molecule has 5 heteroatoms. The summed E-state index contributed by atoms with van der Waals surface area (Å²) in [4.78, 5) is 24.0. The van der Waals surface area contributed by atoms with Crippen molar-refractivity contribution in [2.24, 2.45) is 0 Å². The number of hydrogen-bond donors (Lipinski definition) is 3. The minimum absolute atomic E-state index is 0.178. The second kappa shape index (κ2) is 9.00. The predicted octanol–water partition coefficient (Wildman–Crippen LogP) is 2.15. The minimum atomic E-state index is -0.508. The Morgan fingerprint density at radius 3 is 2.52 bits per heavy atom. The third-order valence-electron chi connectivity index (χ3n) is 3.29. The molecule has 0 saturated carbocycles. The van der Waals surface area contributed by atoms with E-state index in [-0.39, 0.29) is 11.8 Å². The van der Waals surface area contributed by atoms with Crippen LogP contribution in [0.3, 0.4) is 0 Å². The van der Waals surface area contributed by atoms with Crippen LogP contribution in [0.5, 0.6) is 0 Å². The van der Waals surface area contributed by atoms with Crippen molar-refractivity contribution in [2.75, 3.05) is 18.9 Å². The molecule has 1 aromatic rings. The summed E-state index contributed by atoms with van der Waals surface area (Å²) >= 11 is 0. The molecule has 2 amide bonds. The Hall–Kier alpha value is -2.04. The van der Waals surface area contributed by atoms with Gasteiger partial charge in [-0.3, -0.25) is 9.59 Å². The maximum absolute atomic E-state index is 12.4. The van der Waals surface area contributed by atoms with Gasteiger partial charge < -0.3 is 16.0 Å². The van der Waals surface area contributed by atoms with E-state index in [9.17, 15) is 9.59 Å². The Morgan fingerprint density at radius 2 is 1.90 bits per heavy atom. The van der Waals surface area contributed by atoms with Crippen molar-refractivity contribution in [3.05, 3.63) is 29.8 Å². The van der Waals surface area contributed by atoms with Gasteiger partial charge in [0.1, 0.15) is 6.04 Å². The van der Waals surface area contributed by atoms with Gasteiger partial charge in [-0.25, -0.2) is 0 Å². The number of hydrogen-bond acceptors (Lipinski definition) is 3. The number of para-hydroxylation sites is 1. The average molecular weight is 291 g/mol. The molecule has 0 fully saturated rings. The molecular formula is C16H25N3O2. The molecule has 3 N–H and O–H groups in total. The number of rotatable bonds is 8. The van der Waals surface area contributed by atoms with Crippen LogP contribution in [0.1, 0.15) is 43.5 Å². The first-order chi connectivity index (χ1) is 10.1. The highest BCUT2D eigenvalue weighted by Crippen LogP contribution is 2.15. The third-order valence-corrected chi connectivity index (χ3v) is 3.29. The fraction of sp³-hybridized carbons (Fsp3) is 0.500. The molecule has 0 spiro atoms. The molecule has 1 atom stereocenters. The van der Waals surface area contributed by atoms with Crippen LogP contribution in [-0.2, 0) is 4.79 Å². The molecular weight excluding hydrogens is 266 g/mol. The second-order valence-electron chi connectivity index (χ2n) is 4.87. The SMILES string of the molecule is CCCCNc1ccccc1C(=O)N[C@@H](CC)C(=O)NC. The normalized spacial score (nSPS) is 11.6. The number of nitrogens with one attached hydrogen (secondary N) is 3. The Kier molecular flexibility index (Phi) is 7.29. The maximum Gasteiger partial charge on any atom is 0.254 e. The first kappa shape index (κ1) is 17.0. The van der Waals surface area contributed by atoms with Crippen LogP contribution in [0, 0.1) is 0 Å². The second-order valence-corrected chi connectivity index (χ2v) is 4.87. The van der Waals surface area contributed by atoms with Crippen molar-refractivity contribution in [1.82, 2.24) is 10.6 Å². The number of likely N-dealkylation sites (N-methyl/N-ethyl adjacent to an activating group) is 1.